The van der Waals surface area contributed by atoms with Crippen molar-refractivity contribution in [3.8, 4) is 5.75 Å². The van der Waals surface area contributed by atoms with Crippen molar-refractivity contribution in [2.24, 2.45) is 5.10 Å². The molecular formula is C17H17N3O4. The van der Waals surface area contributed by atoms with Crippen LogP contribution < -0.4 is 10.2 Å². The van der Waals surface area contributed by atoms with Gasteiger partial charge in [0.1, 0.15) is 5.75 Å². The van der Waals surface area contributed by atoms with Crippen molar-refractivity contribution in [3.05, 3.63) is 69.3 Å². The molecule has 0 atom stereocenters. The van der Waals surface area contributed by atoms with Crippen molar-refractivity contribution in [1.82, 2.24) is 5.43 Å². The number of carbonyl (C=O) groups excluding carboxylic acids is 1. The molecular weight excluding hydrogens is 310 g/mol. The van der Waals surface area contributed by atoms with E-state index in [-0.39, 0.29) is 11.3 Å². The lowest BCUT2D eigenvalue weighted by molar-refractivity contribution is -0.385. The van der Waals surface area contributed by atoms with Gasteiger partial charge in [-0.1, -0.05) is 6.07 Å². The van der Waals surface area contributed by atoms with Crippen molar-refractivity contribution >= 4 is 17.3 Å². The number of methoxy groups -OCH3 is 1. The van der Waals surface area contributed by atoms with Crippen molar-refractivity contribution in [2.45, 2.75) is 13.8 Å². The van der Waals surface area contributed by atoms with Crippen LogP contribution in [0, 0.1) is 17.0 Å². The van der Waals surface area contributed by atoms with Crippen LogP contribution in [0.15, 0.2) is 47.6 Å². The number of ether oxygens (including phenoxy) is 1. The van der Waals surface area contributed by atoms with Crippen molar-refractivity contribution in [2.75, 3.05) is 7.11 Å². The van der Waals surface area contributed by atoms with Gasteiger partial charge < -0.3 is 4.74 Å². The van der Waals surface area contributed by atoms with E-state index in [9.17, 15) is 14.9 Å². The first-order valence-corrected chi connectivity index (χ1v) is 7.16. The molecule has 0 fully saturated rings. The van der Waals surface area contributed by atoms with Crippen molar-refractivity contribution in [3.63, 3.8) is 0 Å². The molecule has 2 aromatic carbocycles. The summed E-state index contributed by atoms with van der Waals surface area (Å²) in [6.45, 7) is 3.37. The molecule has 0 aliphatic heterocycles. The Bertz CT molecular complexity index is 798. The largest absolute Gasteiger partial charge is 0.497 e. The van der Waals surface area contributed by atoms with Gasteiger partial charge in [0.05, 0.1) is 17.7 Å². The zero-order chi connectivity index (χ0) is 17.7. The molecule has 0 bridgehead atoms. The predicted octanol–water partition coefficient (Wildman–Crippen LogP) is 3.07. The lowest BCUT2D eigenvalue weighted by Crippen LogP contribution is -2.19. The lowest BCUT2D eigenvalue weighted by Gasteiger charge is -2.05. The molecule has 1 N–H and O–H groups in total. The van der Waals surface area contributed by atoms with Crippen LogP contribution in [0.1, 0.15) is 28.4 Å². The van der Waals surface area contributed by atoms with Gasteiger partial charge in [-0.3, -0.25) is 14.9 Å². The fraction of sp³-hybridized carbons (Fsp3) is 0.176. The van der Waals surface area contributed by atoms with Crippen LogP contribution in [-0.2, 0) is 0 Å². The molecule has 0 spiro atoms. The average Bonchev–Trinajstić information content (AvgIpc) is 2.59. The van der Waals surface area contributed by atoms with Crippen LogP contribution in [0.2, 0.25) is 0 Å². The van der Waals surface area contributed by atoms with Gasteiger partial charge in [0.15, 0.2) is 0 Å². The van der Waals surface area contributed by atoms with E-state index in [1.165, 1.54) is 18.2 Å². The van der Waals surface area contributed by atoms with E-state index in [1.807, 2.05) is 12.1 Å². The highest BCUT2D eigenvalue weighted by Gasteiger charge is 2.14. The van der Waals surface area contributed by atoms with Gasteiger partial charge in [-0.05, 0) is 49.7 Å². The summed E-state index contributed by atoms with van der Waals surface area (Å²) in [5.74, 6) is 0.216. The molecule has 0 radical (unpaired) electrons. The van der Waals surface area contributed by atoms with Gasteiger partial charge in [0.2, 0.25) is 0 Å². The minimum Gasteiger partial charge on any atom is -0.497 e. The predicted molar refractivity (Wildman–Crippen MR) is 90.5 cm³/mol. The number of hydrazone groups is 1. The summed E-state index contributed by atoms with van der Waals surface area (Å²) in [5, 5.41) is 15.0. The Balaban J connectivity index is 2.14. The first kappa shape index (κ1) is 17.1. The van der Waals surface area contributed by atoms with E-state index in [2.05, 4.69) is 10.5 Å². The third-order valence-electron chi connectivity index (χ3n) is 3.50. The normalized spacial score (nSPS) is 11.0. The van der Waals surface area contributed by atoms with E-state index in [0.717, 1.165) is 11.3 Å². The second-order valence-electron chi connectivity index (χ2n) is 5.13. The van der Waals surface area contributed by atoms with E-state index >= 15 is 0 Å². The average molecular weight is 327 g/mol. The molecule has 24 heavy (non-hydrogen) atoms. The zero-order valence-corrected chi connectivity index (χ0v) is 13.6. The lowest BCUT2D eigenvalue weighted by atomic mass is 10.1. The number of aryl methyl sites for hydroxylation is 1. The zero-order valence-electron chi connectivity index (χ0n) is 13.6. The number of nitro benzene ring substituents is 1. The maximum Gasteiger partial charge on any atom is 0.273 e. The fourth-order valence-electron chi connectivity index (χ4n) is 2.04. The van der Waals surface area contributed by atoms with E-state index in [0.29, 0.717) is 11.3 Å². The maximum atomic E-state index is 12.1. The first-order chi connectivity index (χ1) is 11.4. The summed E-state index contributed by atoms with van der Waals surface area (Å²) in [7, 11) is 1.58. The molecule has 0 unspecified atom stereocenters. The summed E-state index contributed by atoms with van der Waals surface area (Å²) in [6, 6.07) is 11.5. The standard InChI is InChI=1S/C17H17N3O4/c1-11-4-5-14(10-16(11)20(22)23)17(21)19-18-12(2)13-6-8-15(24-3)9-7-13/h4-10H,1-3H3,(H,19,21)/b18-12+. The second kappa shape index (κ2) is 7.36. The number of carbonyl (C=O) groups is 1. The number of nitro groups is 1. The molecule has 2 aromatic rings. The fourth-order valence-corrected chi connectivity index (χ4v) is 2.04. The molecule has 2 rings (SSSR count). The number of benzene rings is 2. The van der Waals surface area contributed by atoms with E-state index in [1.54, 1.807) is 33.1 Å². The Morgan fingerprint density at radius 2 is 1.79 bits per heavy atom. The second-order valence-corrected chi connectivity index (χ2v) is 5.13. The van der Waals surface area contributed by atoms with Gasteiger partial charge in [-0.15, -0.1) is 0 Å². The molecule has 0 heterocycles. The highest BCUT2D eigenvalue weighted by atomic mass is 16.6. The monoisotopic (exact) mass is 327 g/mol. The smallest absolute Gasteiger partial charge is 0.273 e. The molecule has 7 nitrogen and oxygen atoms in total. The molecule has 0 saturated heterocycles. The SMILES string of the molecule is COc1ccc(/C(C)=N/NC(=O)c2ccc(C)c([N+](=O)[O-])c2)cc1. The number of hydrogen-bond acceptors (Lipinski definition) is 5. The number of nitrogens with zero attached hydrogens (tertiary/aromatic N) is 2. The van der Waals surface area contributed by atoms with Gasteiger partial charge in [0.25, 0.3) is 11.6 Å². The maximum absolute atomic E-state index is 12.1. The number of nitrogens with one attached hydrogen (secondary N) is 1. The highest BCUT2D eigenvalue weighted by molar-refractivity contribution is 6.01. The van der Waals surface area contributed by atoms with Crippen molar-refractivity contribution in [1.29, 1.82) is 0 Å². The topological polar surface area (TPSA) is 93.8 Å². The van der Waals surface area contributed by atoms with Gasteiger partial charge in [-0.25, -0.2) is 5.43 Å². The summed E-state index contributed by atoms with van der Waals surface area (Å²) >= 11 is 0. The van der Waals surface area contributed by atoms with Crippen LogP contribution in [0.25, 0.3) is 0 Å². The Labute approximate surface area is 139 Å². The third-order valence-corrected chi connectivity index (χ3v) is 3.50. The van der Waals surface area contributed by atoms with Crippen LogP contribution in [0.3, 0.4) is 0 Å². The number of rotatable bonds is 5. The van der Waals surface area contributed by atoms with Crippen LogP contribution >= 0.6 is 0 Å². The molecule has 0 aliphatic carbocycles. The van der Waals surface area contributed by atoms with Gasteiger partial charge in [0, 0.05) is 17.2 Å². The Morgan fingerprint density at radius 3 is 2.38 bits per heavy atom. The molecule has 0 aromatic heterocycles. The Kier molecular flexibility index (Phi) is 5.26. The molecule has 1 amide bonds. The molecule has 0 aliphatic rings. The van der Waals surface area contributed by atoms with E-state index < -0.39 is 10.8 Å². The Morgan fingerprint density at radius 1 is 1.17 bits per heavy atom. The minimum atomic E-state index is -0.516. The van der Waals surface area contributed by atoms with Crippen molar-refractivity contribution < 1.29 is 14.5 Å². The van der Waals surface area contributed by atoms with Crippen LogP contribution in [0.4, 0.5) is 5.69 Å². The summed E-state index contributed by atoms with van der Waals surface area (Å²) in [5.41, 5.74) is 4.41. The summed E-state index contributed by atoms with van der Waals surface area (Å²) < 4.78 is 5.08. The summed E-state index contributed by atoms with van der Waals surface area (Å²) in [6.07, 6.45) is 0. The molecule has 124 valence electrons. The van der Waals surface area contributed by atoms with Gasteiger partial charge >= 0.3 is 0 Å². The van der Waals surface area contributed by atoms with Gasteiger partial charge in [-0.2, -0.15) is 5.10 Å². The first-order valence-electron chi connectivity index (χ1n) is 7.16. The number of amides is 1. The third kappa shape index (κ3) is 3.95. The highest BCUT2D eigenvalue weighted by Crippen LogP contribution is 2.19. The summed E-state index contributed by atoms with van der Waals surface area (Å²) in [4.78, 5) is 22.5. The van der Waals surface area contributed by atoms with Crippen LogP contribution in [-0.4, -0.2) is 23.7 Å². The quantitative estimate of drug-likeness (QED) is 0.519. The minimum absolute atomic E-state index is 0.0986. The van der Waals surface area contributed by atoms with E-state index in [4.69, 9.17) is 4.74 Å². The Hall–Kier alpha value is -3.22. The van der Waals surface area contributed by atoms with Crippen LogP contribution in [0.5, 0.6) is 5.75 Å². The molecule has 0 saturated carbocycles. The number of hydrogen-bond donors (Lipinski definition) is 1. The molecule has 7 heteroatoms.